The minimum absolute atomic E-state index is 0.275. The van der Waals surface area contributed by atoms with Crippen molar-refractivity contribution < 1.29 is 38.0 Å². The van der Waals surface area contributed by atoms with Gasteiger partial charge in [-0.15, -0.1) is 0 Å². The molecule has 0 saturated carbocycles. The van der Waals surface area contributed by atoms with E-state index in [-0.39, 0.29) is 18.8 Å². The molecule has 1 fully saturated rings. The average Bonchev–Trinajstić information content (AvgIpc) is 3.25. The molecular formula is C31H45NO8. The standard InChI is InChI=1S/C31H45NO8/c1-20-15-22(16-25(26-19-38-31(5,6)39-26)32(7)29(33)40-30(2,3)4)24(28(36-10)27(20)35-9)18-37-17-21-11-13-23(34-8)14-12-21/h11-15,25-26H,16-19H2,1-10H3/t25-,26?/m0/s1. The molecule has 1 amide bonds. The van der Waals surface area contributed by atoms with E-state index in [1.807, 2.05) is 65.8 Å². The predicted molar refractivity (Wildman–Crippen MR) is 152 cm³/mol. The molecule has 0 aliphatic carbocycles. The molecular weight excluding hydrogens is 514 g/mol. The van der Waals surface area contributed by atoms with Crippen molar-refractivity contribution in [1.82, 2.24) is 4.90 Å². The van der Waals surface area contributed by atoms with E-state index in [0.29, 0.717) is 31.1 Å². The maximum absolute atomic E-state index is 13.2. The number of carbonyl (C=O) groups is 1. The molecule has 0 N–H and O–H groups in total. The highest BCUT2D eigenvalue weighted by molar-refractivity contribution is 5.68. The van der Waals surface area contributed by atoms with Gasteiger partial charge in [-0.25, -0.2) is 4.79 Å². The van der Waals surface area contributed by atoms with Crippen LogP contribution in [-0.2, 0) is 38.6 Å². The van der Waals surface area contributed by atoms with E-state index >= 15 is 0 Å². The molecule has 1 unspecified atom stereocenters. The van der Waals surface area contributed by atoms with Crippen molar-refractivity contribution in [2.24, 2.45) is 0 Å². The lowest BCUT2D eigenvalue weighted by Gasteiger charge is -2.34. The highest BCUT2D eigenvalue weighted by Gasteiger charge is 2.41. The van der Waals surface area contributed by atoms with Crippen LogP contribution in [0.3, 0.4) is 0 Å². The van der Waals surface area contributed by atoms with Gasteiger partial charge in [0.2, 0.25) is 0 Å². The lowest BCUT2D eigenvalue weighted by molar-refractivity contribution is -0.145. The number of methoxy groups -OCH3 is 3. The van der Waals surface area contributed by atoms with Crippen LogP contribution in [0.15, 0.2) is 30.3 Å². The molecule has 9 heteroatoms. The first-order chi connectivity index (χ1) is 18.8. The summed E-state index contributed by atoms with van der Waals surface area (Å²) >= 11 is 0. The highest BCUT2D eigenvalue weighted by Crippen LogP contribution is 2.39. The molecule has 0 radical (unpaired) electrons. The zero-order valence-electron chi connectivity index (χ0n) is 25.6. The second-order valence-corrected chi connectivity index (χ2v) is 11.5. The number of hydrogen-bond acceptors (Lipinski definition) is 8. The molecule has 1 aliphatic rings. The van der Waals surface area contributed by atoms with Crippen molar-refractivity contribution in [3.8, 4) is 17.2 Å². The summed E-state index contributed by atoms with van der Waals surface area (Å²) in [5.74, 6) is 1.29. The molecule has 1 saturated heterocycles. The maximum atomic E-state index is 13.2. The molecule has 2 aromatic rings. The van der Waals surface area contributed by atoms with Crippen LogP contribution < -0.4 is 14.2 Å². The van der Waals surface area contributed by atoms with Crippen LogP contribution in [0.25, 0.3) is 0 Å². The fourth-order valence-electron chi connectivity index (χ4n) is 4.80. The van der Waals surface area contributed by atoms with Gasteiger partial charge < -0.3 is 38.1 Å². The highest BCUT2D eigenvalue weighted by atomic mass is 16.7. The van der Waals surface area contributed by atoms with Crippen LogP contribution in [0, 0.1) is 6.92 Å². The Morgan fingerprint density at radius 2 is 1.70 bits per heavy atom. The van der Waals surface area contributed by atoms with Crippen LogP contribution in [0.4, 0.5) is 4.79 Å². The van der Waals surface area contributed by atoms with Crippen molar-refractivity contribution in [2.45, 2.75) is 84.7 Å². The maximum Gasteiger partial charge on any atom is 0.410 e. The van der Waals surface area contributed by atoms with Crippen LogP contribution in [0.2, 0.25) is 0 Å². The second-order valence-electron chi connectivity index (χ2n) is 11.5. The Balaban J connectivity index is 1.95. The number of carbonyl (C=O) groups excluding carboxylic acids is 1. The van der Waals surface area contributed by atoms with Crippen molar-refractivity contribution >= 4 is 6.09 Å². The van der Waals surface area contributed by atoms with Gasteiger partial charge in [0, 0.05) is 12.6 Å². The van der Waals surface area contributed by atoms with E-state index < -0.39 is 17.5 Å². The first-order valence-corrected chi connectivity index (χ1v) is 13.5. The number of nitrogens with zero attached hydrogens (tertiary/aromatic N) is 1. The number of rotatable bonds is 11. The van der Waals surface area contributed by atoms with Crippen LogP contribution in [0.5, 0.6) is 17.2 Å². The van der Waals surface area contributed by atoms with Gasteiger partial charge in [0.15, 0.2) is 17.3 Å². The van der Waals surface area contributed by atoms with E-state index in [2.05, 4.69) is 6.07 Å². The third-order valence-corrected chi connectivity index (χ3v) is 6.77. The fourth-order valence-corrected chi connectivity index (χ4v) is 4.80. The predicted octanol–water partition coefficient (Wildman–Crippen LogP) is 5.67. The molecule has 0 bridgehead atoms. The van der Waals surface area contributed by atoms with E-state index in [1.165, 1.54) is 0 Å². The SMILES string of the molecule is COc1ccc(COCc2c(C[C@@H](C3COC(C)(C)O3)N(C)C(=O)OC(C)(C)C)cc(C)c(OC)c2OC)cc1. The Morgan fingerprint density at radius 3 is 2.23 bits per heavy atom. The Labute approximate surface area is 238 Å². The monoisotopic (exact) mass is 559 g/mol. The van der Waals surface area contributed by atoms with E-state index in [1.54, 1.807) is 33.3 Å². The minimum atomic E-state index is -0.754. The summed E-state index contributed by atoms with van der Waals surface area (Å²) in [6, 6.07) is 9.43. The number of ether oxygens (including phenoxy) is 7. The second kappa shape index (κ2) is 13.1. The molecule has 40 heavy (non-hydrogen) atoms. The van der Waals surface area contributed by atoms with Crippen molar-refractivity contribution in [1.29, 1.82) is 0 Å². The summed E-state index contributed by atoms with van der Waals surface area (Å²) in [6.45, 7) is 12.3. The Kier molecular flexibility index (Phi) is 10.3. The van der Waals surface area contributed by atoms with Crippen LogP contribution >= 0.6 is 0 Å². The molecule has 1 aliphatic heterocycles. The van der Waals surface area contributed by atoms with Crippen molar-refractivity contribution in [2.75, 3.05) is 35.0 Å². The Bertz CT molecular complexity index is 1140. The molecule has 9 nitrogen and oxygen atoms in total. The number of amides is 1. The zero-order chi connectivity index (χ0) is 29.7. The van der Waals surface area contributed by atoms with Crippen LogP contribution in [0.1, 0.15) is 56.9 Å². The topological polar surface area (TPSA) is 84.9 Å². The quantitative estimate of drug-likeness (QED) is 0.348. The van der Waals surface area contributed by atoms with Gasteiger partial charge in [-0.2, -0.15) is 0 Å². The van der Waals surface area contributed by atoms with Gasteiger partial charge in [-0.1, -0.05) is 18.2 Å². The molecule has 1 heterocycles. The largest absolute Gasteiger partial charge is 0.497 e. The number of hydrogen-bond donors (Lipinski definition) is 0. The molecule has 2 aromatic carbocycles. The molecule has 3 rings (SSSR count). The Morgan fingerprint density at radius 1 is 1.05 bits per heavy atom. The molecule has 222 valence electrons. The third kappa shape index (κ3) is 8.02. The normalized spacial score (nSPS) is 17.3. The van der Waals surface area contributed by atoms with E-state index in [9.17, 15) is 4.79 Å². The fraction of sp³-hybridized carbons (Fsp3) is 0.581. The number of likely N-dealkylation sites (N-methyl/N-ethyl adjacent to an activating group) is 1. The molecule has 2 atom stereocenters. The summed E-state index contributed by atoms with van der Waals surface area (Å²) in [4.78, 5) is 14.8. The van der Waals surface area contributed by atoms with Gasteiger partial charge in [0.25, 0.3) is 0 Å². The Hall–Kier alpha value is -3.01. The van der Waals surface area contributed by atoms with Crippen molar-refractivity contribution in [3.63, 3.8) is 0 Å². The van der Waals surface area contributed by atoms with E-state index in [0.717, 1.165) is 28.0 Å². The van der Waals surface area contributed by atoms with Gasteiger partial charge in [-0.05, 0) is 76.8 Å². The smallest absolute Gasteiger partial charge is 0.410 e. The lowest BCUT2D eigenvalue weighted by Crippen LogP contribution is -2.49. The number of aryl methyl sites for hydroxylation is 1. The van der Waals surface area contributed by atoms with Gasteiger partial charge >= 0.3 is 6.09 Å². The summed E-state index contributed by atoms with van der Waals surface area (Å²) in [5, 5.41) is 0. The van der Waals surface area contributed by atoms with Gasteiger partial charge in [-0.3, -0.25) is 0 Å². The zero-order valence-corrected chi connectivity index (χ0v) is 25.6. The number of benzene rings is 2. The molecule has 0 spiro atoms. The summed E-state index contributed by atoms with van der Waals surface area (Å²) in [6.07, 6.45) is -0.336. The molecule has 0 aromatic heterocycles. The first-order valence-electron chi connectivity index (χ1n) is 13.5. The average molecular weight is 560 g/mol. The van der Waals surface area contributed by atoms with E-state index in [4.69, 9.17) is 33.2 Å². The van der Waals surface area contributed by atoms with Crippen LogP contribution in [-0.4, -0.2) is 69.5 Å². The third-order valence-electron chi connectivity index (χ3n) is 6.77. The summed E-state index contributed by atoms with van der Waals surface area (Å²) < 4.78 is 40.8. The summed E-state index contributed by atoms with van der Waals surface area (Å²) in [5.41, 5.74) is 3.10. The van der Waals surface area contributed by atoms with Gasteiger partial charge in [0.1, 0.15) is 17.5 Å². The summed E-state index contributed by atoms with van der Waals surface area (Å²) in [7, 11) is 6.62. The minimum Gasteiger partial charge on any atom is -0.497 e. The first kappa shape index (κ1) is 31.5. The van der Waals surface area contributed by atoms with Crippen molar-refractivity contribution in [3.05, 3.63) is 52.6 Å². The lowest BCUT2D eigenvalue weighted by atomic mass is 9.93. The van der Waals surface area contributed by atoms with Gasteiger partial charge in [0.05, 0.1) is 47.2 Å².